The summed E-state index contributed by atoms with van der Waals surface area (Å²) >= 11 is 8.02. The van der Waals surface area contributed by atoms with Crippen molar-refractivity contribution >= 4 is 28.6 Å². The highest BCUT2D eigenvalue weighted by molar-refractivity contribution is 9.10. The van der Waals surface area contributed by atoms with Gasteiger partial charge in [-0.2, -0.15) is 9.83 Å². The molecule has 0 amide bonds. The van der Waals surface area contributed by atoms with E-state index in [9.17, 15) is 10.4 Å². The molecule has 0 saturated heterocycles. The Morgan fingerprint density at radius 2 is 1.85 bits per heavy atom. The van der Waals surface area contributed by atoms with E-state index >= 15 is 0 Å². The molecule has 2 heterocycles. The fraction of sp³-hybridized carbons (Fsp3) is 0.333. The monoisotopic (exact) mass is 442 g/mol. The Kier molecular flexibility index (Phi) is 4.79. The molecule has 1 saturated carbocycles. The van der Waals surface area contributed by atoms with E-state index in [1.54, 1.807) is 0 Å². The minimum atomic E-state index is -1.16. The molecule has 1 fully saturated rings. The molecule has 1 aliphatic carbocycles. The van der Waals surface area contributed by atoms with Crippen molar-refractivity contribution in [1.29, 1.82) is 5.26 Å². The molecule has 27 heavy (non-hydrogen) atoms. The molecule has 138 valence electrons. The Morgan fingerprint density at radius 1 is 1.22 bits per heavy atom. The van der Waals surface area contributed by atoms with Gasteiger partial charge in [0.15, 0.2) is 12.4 Å². The van der Waals surface area contributed by atoms with Gasteiger partial charge in [0.05, 0.1) is 22.6 Å². The fourth-order valence-electron chi connectivity index (χ4n) is 4.00. The number of benzene rings is 1. The van der Waals surface area contributed by atoms with Gasteiger partial charge in [-0.05, 0) is 43.0 Å². The van der Waals surface area contributed by atoms with E-state index in [1.807, 2.05) is 60.3 Å². The lowest BCUT2D eigenvalue weighted by atomic mass is 9.76. The zero-order valence-electron chi connectivity index (χ0n) is 14.9. The van der Waals surface area contributed by atoms with Gasteiger partial charge in [0.25, 0.3) is 0 Å². The highest BCUT2D eigenvalue weighted by Gasteiger charge is 2.60. The van der Waals surface area contributed by atoms with Crippen molar-refractivity contribution in [1.82, 2.24) is 5.32 Å². The van der Waals surface area contributed by atoms with Gasteiger partial charge in [-0.15, -0.1) is 12.6 Å². The lowest BCUT2D eigenvalue weighted by Gasteiger charge is -2.42. The number of pyridine rings is 1. The van der Waals surface area contributed by atoms with Gasteiger partial charge < -0.3 is 10.4 Å². The van der Waals surface area contributed by atoms with E-state index in [0.29, 0.717) is 10.6 Å². The van der Waals surface area contributed by atoms with Crippen molar-refractivity contribution in [2.45, 2.75) is 37.5 Å². The van der Waals surface area contributed by atoms with Crippen LogP contribution in [0.2, 0.25) is 0 Å². The molecule has 4 rings (SSSR count). The van der Waals surface area contributed by atoms with Crippen molar-refractivity contribution < 1.29 is 9.67 Å². The number of nitrogens with one attached hydrogen (secondary N) is 1. The minimum Gasteiger partial charge on any atom is -0.365 e. The molecular formula is C21H21BrN3OS+. The Bertz CT molecular complexity index is 931. The van der Waals surface area contributed by atoms with Crippen LogP contribution < -0.4 is 9.88 Å². The number of aliphatic hydroxyl groups is 1. The van der Waals surface area contributed by atoms with Crippen molar-refractivity contribution in [3.05, 3.63) is 75.0 Å². The maximum Gasteiger partial charge on any atom is 0.217 e. The number of hydrogen-bond acceptors (Lipinski definition) is 4. The summed E-state index contributed by atoms with van der Waals surface area (Å²) in [7, 11) is 0. The number of nitrogens with zero attached hydrogens (tertiary/aromatic N) is 2. The van der Waals surface area contributed by atoms with E-state index in [2.05, 4.69) is 39.9 Å². The average molecular weight is 443 g/mol. The number of aromatic nitrogens is 1. The quantitative estimate of drug-likeness (QED) is 0.501. The maximum absolute atomic E-state index is 11.7. The number of nitriles is 1. The van der Waals surface area contributed by atoms with Crippen LogP contribution in [0, 0.1) is 24.2 Å². The van der Waals surface area contributed by atoms with Crippen LogP contribution in [0.1, 0.15) is 35.9 Å². The normalized spacial score (nSPS) is 27.8. The number of rotatable bonds is 3. The lowest BCUT2D eigenvalue weighted by molar-refractivity contribution is -0.742. The summed E-state index contributed by atoms with van der Waals surface area (Å²) < 4.78 is 3.01. The number of hydrogen-bond donors (Lipinski definition) is 3. The summed E-state index contributed by atoms with van der Waals surface area (Å²) in [5.74, 6) is -0.160. The molecule has 1 aromatic carbocycles. The molecule has 2 aromatic rings. The largest absolute Gasteiger partial charge is 0.365 e. The van der Waals surface area contributed by atoms with Crippen LogP contribution in [0.25, 0.3) is 0 Å². The number of aryl methyl sites for hydroxylation is 1. The maximum atomic E-state index is 11.7. The number of allylic oxidation sites excluding steroid dienone is 1. The van der Waals surface area contributed by atoms with Crippen LogP contribution in [0.3, 0.4) is 0 Å². The van der Waals surface area contributed by atoms with Gasteiger partial charge in [-0.25, -0.2) is 0 Å². The summed E-state index contributed by atoms with van der Waals surface area (Å²) in [6.07, 6.45) is 5.89. The Morgan fingerprint density at radius 3 is 2.41 bits per heavy atom. The average Bonchev–Trinajstić information content (AvgIpc) is 3.49. The van der Waals surface area contributed by atoms with E-state index in [0.717, 1.165) is 28.4 Å². The summed E-state index contributed by atoms with van der Waals surface area (Å²) in [6.45, 7) is 2.04. The molecule has 2 aliphatic rings. The predicted octanol–water partition coefficient (Wildman–Crippen LogP) is 3.74. The molecule has 4 nitrogen and oxygen atoms in total. The summed E-state index contributed by atoms with van der Waals surface area (Å²) in [4.78, 5) is 0. The minimum absolute atomic E-state index is 0.136. The topological polar surface area (TPSA) is 59.9 Å². The van der Waals surface area contributed by atoms with E-state index in [1.165, 1.54) is 0 Å². The van der Waals surface area contributed by atoms with Crippen LogP contribution in [-0.2, 0) is 0 Å². The van der Waals surface area contributed by atoms with Crippen molar-refractivity contribution in [3.8, 4) is 6.07 Å². The molecule has 6 heteroatoms. The van der Waals surface area contributed by atoms with Crippen LogP contribution in [0.5, 0.6) is 0 Å². The summed E-state index contributed by atoms with van der Waals surface area (Å²) in [5.41, 5.74) is 1.52. The third kappa shape index (κ3) is 3.29. The number of thiol groups is 1. The summed E-state index contributed by atoms with van der Waals surface area (Å²) in [6, 6.07) is 14.0. The highest BCUT2D eigenvalue weighted by atomic mass is 79.9. The molecular weight excluding hydrogens is 422 g/mol. The van der Waals surface area contributed by atoms with Crippen LogP contribution in [0.4, 0.5) is 0 Å². The smallest absolute Gasteiger partial charge is 0.217 e. The molecule has 1 aliphatic heterocycles. The molecule has 2 N–H and O–H groups in total. The first-order chi connectivity index (χ1) is 12.9. The summed E-state index contributed by atoms with van der Waals surface area (Å²) in [5, 5.41) is 25.3. The van der Waals surface area contributed by atoms with Crippen molar-refractivity contribution in [2.75, 3.05) is 0 Å². The van der Waals surface area contributed by atoms with Crippen LogP contribution in [0.15, 0.2) is 63.9 Å². The molecule has 0 bridgehead atoms. The Balaban J connectivity index is 1.93. The van der Waals surface area contributed by atoms with E-state index in [-0.39, 0.29) is 17.9 Å². The molecule has 1 aromatic heterocycles. The zero-order chi connectivity index (χ0) is 19.2. The standard InChI is InChI=1S/C21H20BrN3OS/c1-13-8-10-25(11-9-13)19-18(14-2-6-16(22)7-3-14)17(12-23)20(27)24-21(19,26)15-4-5-15/h2-3,6-11,15,18-19,24,26H,4-5H2,1H3/p+1/t18-,19-,21-/m1/s1. The molecule has 3 atom stereocenters. The first kappa shape index (κ1) is 18.5. The highest BCUT2D eigenvalue weighted by Crippen LogP contribution is 2.52. The van der Waals surface area contributed by atoms with Crippen LogP contribution >= 0.6 is 28.6 Å². The third-order valence-corrected chi connectivity index (χ3v) is 6.42. The predicted molar refractivity (Wildman–Crippen MR) is 110 cm³/mol. The lowest BCUT2D eigenvalue weighted by Crippen LogP contribution is -2.65. The van der Waals surface area contributed by atoms with Gasteiger partial charge in [0.2, 0.25) is 11.8 Å². The third-order valence-electron chi connectivity index (χ3n) is 5.54. The first-order valence-corrected chi connectivity index (χ1v) is 10.2. The Hall–Kier alpha value is -1.81. The fourth-order valence-corrected chi connectivity index (χ4v) is 4.63. The van der Waals surface area contributed by atoms with Crippen LogP contribution in [-0.4, -0.2) is 10.8 Å². The van der Waals surface area contributed by atoms with E-state index in [4.69, 9.17) is 0 Å². The van der Waals surface area contributed by atoms with Gasteiger partial charge >= 0.3 is 0 Å². The SMILES string of the molecule is Cc1cc[n+]([C@@H]2[C@H](c3ccc(Br)cc3)C(C#N)=C(S)N[C@@]2(O)C2CC2)cc1. The van der Waals surface area contributed by atoms with Gasteiger partial charge in [-0.1, -0.05) is 28.1 Å². The van der Waals surface area contributed by atoms with Crippen molar-refractivity contribution in [2.24, 2.45) is 5.92 Å². The zero-order valence-corrected chi connectivity index (χ0v) is 17.4. The second kappa shape index (κ2) is 6.97. The molecule has 0 spiro atoms. The van der Waals surface area contributed by atoms with Gasteiger partial charge in [0, 0.05) is 22.5 Å². The van der Waals surface area contributed by atoms with Crippen molar-refractivity contribution in [3.63, 3.8) is 0 Å². The van der Waals surface area contributed by atoms with E-state index < -0.39 is 5.72 Å². The molecule has 0 unspecified atom stereocenters. The second-order valence-electron chi connectivity index (χ2n) is 7.40. The number of halogens is 1. The van der Waals surface area contributed by atoms with Gasteiger partial charge in [-0.3, -0.25) is 0 Å². The van der Waals surface area contributed by atoms with Gasteiger partial charge in [0.1, 0.15) is 0 Å². The molecule has 0 radical (unpaired) electrons. The first-order valence-electron chi connectivity index (χ1n) is 9.00. The Labute approximate surface area is 173 Å². The second-order valence-corrected chi connectivity index (χ2v) is 8.76.